The number of nitrogens with one attached hydrogen (secondary N) is 1. The van der Waals surface area contributed by atoms with Crippen LogP contribution in [0.5, 0.6) is 0 Å². The van der Waals surface area contributed by atoms with Gasteiger partial charge in [-0.15, -0.1) is 0 Å². The minimum absolute atomic E-state index is 0.00455. The van der Waals surface area contributed by atoms with Gasteiger partial charge in [0.1, 0.15) is 23.0 Å². The highest BCUT2D eigenvalue weighted by Crippen LogP contribution is 2.31. The third-order valence-corrected chi connectivity index (χ3v) is 4.48. The van der Waals surface area contributed by atoms with Gasteiger partial charge < -0.3 is 11.1 Å². The molecule has 0 radical (unpaired) electrons. The van der Waals surface area contributed by atoms with Gasteiger partial charge in [0.2, 0.25) is 5.91 Å². The summed E-state index contributed by atoms with van der Waals surface area (Å²) in [4.78, 5) is 16.2. The van der Waals surface area contributed by atoms with Crippen molar-refractivity contribution in [3.05, 3.63) is 47.0 Å². The minimum atomic E-state index is -4.52. The molecule has 0 saturated carbocycles. The number of nitrogens with two attached hydrogens (primary N) is 1. The maximum atomic E-state index is 12.7. The summed E-state index contributed by atoms with van der Waals surface area (Å²) < 4.78 is 38.2. The molecule has 1 amide bonds. The molecule has 6 nitrogen and oxygen atoms in total. The molecule has 0 bridgehead atoms. The van der Waals surface area contributed by atoms with Crippen LogP contribution >= 0.6 is 11.8 Å². The lowest BCUT2D eigenvalue weighted by atomic mass is 10.2. The standard InChI is InChI=1S/C17H12F3N5OS/c1-9(27-16-11(8-22)5-10(7-21)14(23)25-16)15(26)24-13-4-2-3-12(6-13)17(18,19)20/h2-6,9H,1H3,(H2,23,25)(H,24,26)/t9-/m1/s1. The first-order valence-electron chi connectivity index (χ1n) is 7.41. The summed E-state index contributed by atoms with van der Waals surface area (Å²) in [5.41, 5.74) is 4.85. The van der Waals surface area contributed by atoms with E-state index in [0.29, 0.717) is 0 Å². The normalized spacial score (nSPS) is 11.9. The number of nitrogen functional groups attached to an aromatic ring is 1. The quantitative estimate of drug-likeness (QED) is 0.770. The number of nitrogens with zero attached hydrogens (tertiary/aromatic N) is 3. The van der Waals surface area contributed by atoms with Crippen LogP contribution in [0.3, 0.4) is 0 Å². The molecular formula is C17H12F3N5OS. The zero-order valence-electron chi connectivity index (χ0n) is 13.8. The highest BCUT2D eigenvalue weighted by molar-refractivity contribution is 8.00. The Kier molecular flexibility index (Phi) is 5.93. The Labute approximate surface area is 156 Å². The van der Waals surface area contributed by atoms with Gasteiger partial charge in [0.25, 0.3) is 0 Å². The van der Waals surface area contributed by atoms with Gasteiger partial charge in [-0.2, -0.15) is 23.7 Å². The zero-order chi connectivity index (χ0) is 20.2. The third kappa shape index (κ3) is 4.90. The summed E-state index contributed by atoms with van der Waals surface area (Å²) in [5.74, 6) is -0.655. The smallest absolute Gasteiger partial charge is 0.383 e. The maximum absolute atomic E-state index is 12.7. The summed E-state index contributed by atoms with van der Waals surface area (Å²) >= 11 is 0.908. The number of hydrogen-bond donors (Lipinski definition) is 2. The molecule has 3 N–H and O–H groups in total. The van der Waals surface area contributed by atoms with Crippen molar-refractivity contribution >= 4 is 29.2 Å². The van der Waals surface area contributed by atoms with Crippen molar-refractivity contribution in [3.63, 3.8) is 0 Å². The highest BCUT2D eigenvalue weighted by Gasteiger charge is 2.30. The van der Waals surface area contributed by atoms with Gasteiger partial charge >= 0.3 is 6.18 Å². The second kappa shape index (κ2) is 7.98. The molecule has 1 aromatic carbocycles. The molecular weight excluding hydrogens is 379 g/mol. The monoisotopic (exact) mass is 391 g/mol. The lowest BCUT2D eigenvalue weighted by Crippen LogP contribution is -2.23. The predicted octanol–water partition coefficient (Wildman–Crippen LogP) is 3.55. The number of halogens is 3. The van der Waals surface area contributed by atoms with E-state index in [-0.39, 0.29) is 27.7 Å². The summed E-state index contributed by atoms with van der Waals surface area (Å²) in [6.45, 7) is 1.50. The van der Waals surface area contributed by atoms with Gasteiger partial charge in [-0.1, -0.05) is 17.8 Å². The molecule has 10 heteroatoms. The SMILES string of the molecule is C[C@@H](Sc1nc(N)c(C#N)cc1C#N)C(=O)Nc1cccc(C(F)(F)F)c1. The molecule has 2 rings (SSSR count). The number of carbonyl (C=O) groups excluding carboxylic acids is 1. The fourth-order valence-corrected chi connectivity index (χ4v) is 2.89. The summed E-state index contributed by atoms with van der Waals surface area (Å²) in [6.07, 6.45) is -4.52. The first-order valence-corrected chi connectivity index (χ1v) is 8.29. The third-order valence-electron chi connectivity index (χ3n) is 3.37. The van der Waals surface area contributed by atoms with Gasteiger partial charge in [-0.3, -0.25) is 4.79 Å². The number of rotatable bonds is 4. The van der Waals surface area contributed by atoms with E-state index in [1.807, 2.05) is 6.07 Å². The van der Waals surface area contributed by atoms with E-state index in [1.54, 1.807) is 6.07 Å². The van der Waals surface area contributed by atoms with Crippen molar-refractivity contribution in [2.45, 2.75) is 23.4 Å². The highest BCUT2D eigenvalue weighted by atomic mass is 32.2. The van der Waals surface area contributed by atoms with Gasteiger partial charge in [0, 0.05) is 5.69 Å². The van der Waals surface area contributed by atoms with Crippen molar-refractivity contribution in [1.29, 1.82) is 10.5 Å². The number of carbonyl (C=O) groups is 1. The fourth-order valence-electron chi connectivity index (χ4n) is 2.01. The Hall–Kier alpha value is -3.24. The number of hydrogen-bond acceptors (Lipinski definition) is 6. The molecule has 138 valence electrons. The molecule has 2 aromatic rings. The second-order valence-corrected chi connectivity index (χ2v) is 6.65. The summed E-state index contributed by atoms with van der Waals surface area (Å²) in [6, 6.07) is 9.19. The van der Waals surface area contributed by atoms with Crippen molar-refractivity contribution in [3.8, 4) is 12.1 Å². The topological polar surface area (TPSA) is 116 Å². The molecule has 27 heavy (non-hydrogen) atoms. The number of aromatic nitrogens is 1. The van der Waals surface area contributed by atoms with Crippen molar-refractivity contribution in [2.75, 3.05) is 11.1 Å². The number of alkyl halides is 3. The van der Waals surface area contributed by atoms with E-state index < -0.39 is 22.9 Å². The molecule has 0 saturated heterocycles. The molecule has 1 aromatic heterocycles. The van der Waals surface area contributed by atoms with Gasteiger partial charge in [0.05, 0.1) is 21.9 Å². The Balaban J connectivity index is 2.17. The van der Waals surface area contributed by atoms with E-state index in [4.69, 9.17) is 16.3 Å². The van der Waals surface area contributed by atoms with Gasteiger partial charge in [0.15, 0.2) is 0 Å². The Morgan fingerprint density at radius 3 is 2.52 bits per heavy atom. The number of anilines is 2. The summed E-state index contributed by atoms with van der Waals surface area (Å²) in [5, 5.41) is 19.8. The molecule has 0 aliphatic carbocycles. The first-order chi connectivity index (χ1) is 12.7. The molecule has 0 unspecified atom stereocenters. The predicted molar refractivity (Wildman–Crippen MR) is 93.5 cm³/mol. The molecule has 0 aliphatic heterocycles. The summed E-state index contributed by atoms with van der Waals surface area (Å²) in [7, 11) is 0. The second-order valence-electron chi connectivity index (χ2n) is 5.33. The van der Waals surface area contributed by atoms with Crippen LogP contribution in [0.15, 0.2) is 35.4 Å². The van der Waals surface area contributed by atoms with E-state index in [9.17, 15) is 18.0 Å². The molecule has 1 heterocycles. The molecule has 0 spiro atoms. The van der Waals surface area contributed by atoms with Crippen molar-refractivity contribution in [2.24, 2.45) is 0 Å². The van der Waals surface area contributed by atoms with Crippen molar-refractivity contribution in [1.82, 2.24) is 4.98 Å². The number of pyridine rings is 1. The van der Waals surface area contributed by atoms with Crippen LogP contribution < -0.4 is 11.1 Å². The molecule has 1 atom stereocenters. The van der Waals surface area contributed by atoms with E-state index in [0.717, 1.165) is 23.9 Å². The number of thioether (sulfide) groups is 1. The lowest BCUT2D eigenvalue weighted by molar-refractivity contribution is -0.137. The largest absolute Gasteiger partial charge is 0.416 e. The van der Waals surface area contributed by atoms with Crippen LogP contribution in [0, 0.1) is 22.7 Å². The Morgan fingerprint density at radius 1 is 1.26 bits per heavy atom. The maximum Gasteiger partial charge on any atom is 0.416 e. The fraction of sp³-hybridized carbons (Fsp3) is 0.176. The first kappa shape index (κ1) is 20.1. The van der Waals surface area contributed by atoms with Crippen LogP contribution in [-0.4, -0.2) is 16.1 Å². The number of nitriles is 2. The van der Waals surface area contributed by atoms with Crippen LogP contribution in [0.1, 0.15) is 23.6 Å². The van der Waals surface area contributed by atoms with E-state index in [2.05, 4.69) is 10.3 Å². The van der Waals surface area contributed by atoms with Crippen LogP contribution in [-0.2, 0) is 11.0 Å². The van der Waals surface area contributed by atoms with Gasteiger partial charge in [-0.25, -0.2) is 4.98 Å². The van der Waals surface area contributed by atoms with E-state index in [1.165, 1.54) is 25.1 Å². The average Bonchev–Trinajstić information content (AvgIpc) is 2.61. The average molecular weight is 391 g/mol. The Morgan fingerprint density at radius 2 is 1.93 bits per heavy atom. The van der Waals surface area contributed by atoms with E-state index >= 15 is 0 Å². The number of amides is 1. The van der Waals surface area contributed by atoms with Crippen molar-refractivity contribution < 1.29 is 18.0 Å². The number of benzene rings is 1. The molecule has 0 fully saturated rings. The van der Waals surface area contributed by atoms with Crippen LogP contribution in [0.25, 0.3) is 0 Å². The minimum Gasteiger partial charge on any atom is -0.383 e. The Bertz CT molecular complexity index is 963. The lowest BCUT2D eigenvalue weighted by Gasteiger charge is -2.14. The van der Waals surface area contributed by atoms with Crippen LogP contribution in [0.2, 0.25) is 0 Å². The molecule has 0 aliphatic rings. The zero-order valence-corrected chi connectivity index (χ0v) is 14.6. The van der Waals surface area contributed by atoms with Crippen LogP contribution in [0.4, 0.5) is 24.7 Å². The van der Waals surface area contributed by atoms with Gasteiger partial charge in [-0.05, 0) is 31.2 Å².